The molecule has 102 heavy (non-hydrogen) atoms. The van der Waals surface area contributed by atoms with Crippen molar-refractivity contribution in [1.29, 1.82) is 0 Å². The van der Waals surface area contributed by atoms with Gasteiger partial charge in [-0.15, -0.1) is 0 Å². The van der Waals surface area contributed by atoms with Crippen molar-refractivity contribution in [2.45, 2.75) is 475 Å². The molecule has 4 nitrogen and oxygen atoms in total. The van der Waals surface area contributed by atoms with Gasteiger partial charge in [0.2, 0.25) is 0 Å². The lowest BCUT2D eigenvalue weighted by Gasteiger charge is -2.35. The number of hydrogen-bond acceptors (Lipinski definition) is 6. The first kappa shape index (κ1) is 87.8. The molecule has 578 valence electrons. The smallest absolute Gasteiger partial charge is 0.136 e. The van der Waals surface area contributed by atoms with Gasteiger partial charge in [0.1, 0.15) is 33.7 Å². The van der Waals surface area contributed by atoms with Crippen LogP contribution in [0.2, 0.25) is 0 Å². The van der Waals surface area contributed by atoms with Crippen LogP contribution in [0.25, 0.3) is 44.3 Å². The summed E-state index contributed by atoms with van der Waals surface area (Å²) < 4.78 is 62.5. The summed E-state index contributed by atoms with van der Waals surface area (Å²) >= 11 is 7.43. The molecule has 2 aliphatic carbocycles. The third-order valence-electron chi connectivity index (χ3n) is 24.7. The average molecular weight is 1670 g/mol. The highest BCUT2D eigenvalue weighted by molar-refractivity contribution is 14.1. The Morgan fingerprint density at radius 2 is 0.412 bits per heavy atom. The first-order chi connectivity index (χ1) is 50.3. The molecule has 0 spiro atoms. The van der Waals surface area contributed by atoms with Crippen molar-refractivity contribution in [2.75, 3.05) is 0 Å². The molecule has 0 amide bonds. The molecule has 0 atom stereocenters. The number of unbranched alkanes of at least 4 members (excludes halogenated alkanes) is 60. The van der Waals surface area contributed by atoms with Gasteiger partial charge in [0.05, 0.1) is 23.5 Å². The topological polar surface area (TPSA) is 51.6 Å². The van der Waals surface area contributed by atoms with Crippen LogP contribution in [-0.4, -0.2) is 17.5 Å². The molecule has 2 heterocycles. The van der Waals surface area contributed by atoms with Gasteiger partial charge in [-0.1, -0.05) is 439 Å². The number of rotatable bonds is 68. The summed E-state index contributed by atoms with van der Waals surface area (Å²) in [5, 5.41) is 0. The lowest BCUT2D eigenvalue weighted by molar-refractivity contribution is 0.374. The van der Waals surface area contributed by atoms with Crippen LogP contribution in [0.3, 0.4) is 0 Å². The number of halogens is 4. The molecule has 7 rings (SSSR count). The zero-order chi connectivity index (χ0) is 72.0. The zero-order valence-corrected chi connectivity index (χ0v) is 72.3. The molecule has 0 N–H and O–H groups in total. The van der Waals surface area contributed by atoms with E-state index in [1.54, 1.807) is 0 Å². The predicted octanol–water partition coefficient (Wildman–Crippen LogP) is 34.3. The zero-order valence-electron chi connectivity index (χ0n) is 66.4. The number of benzene rings is 3. The maximum absolute atomic E-state index is 20.1. The lowest BCUT2D eigenvalue weighted by Crippen LogP contribution is -2.29. The van der Waals surface area contributed by atoms with Gasteiger partial charge in [0, 0.05) is 51.4 Å². The Bertz CT molecular complexity index is 2720. The maximum Gasteiger partial charge on any atom is 0.136 e. The molecule has 10 heteroatoms. The van der Waals surface area contributed by atoms with Crippen molar-refractivity contribution in [3.05, 3.63) is 53.2 Å². The van der Waals surface area contributed by atoms with E-state index in [4.69, 9.17) is 17.5 Å². The number of nitrogens with zero attached hydrogens (tertiary/aromatic N) is 4. The van der Waals surface area contributed by atoms with Crippen molar-refractivity contribution >= 4 is 90.7 Å². The molecule has 0 bridgehead atoms. The highest BCUT2D eigenvalue weighted by atomic mass is 127. The molecular formula is C92H150F2I2N4S2. The highest BCUT2D eigenvalue weighted by Gasteiger charge is 2.55. The van der Waals surface area contributed by atoms with Gasteiger partial charge in [0.25, 0.3) is 0 Å². The van der Waals surface area contributed by atoms with Gasteiger partial charge >= 0.3 is 0 Å². The van der Waals surface area contributed by atoms with E-state index >= 15 is 8.78 Å². The van der Waals surface area contributed by atoms with Crippen molar-refractivity contribution in [2.24, 2.45) is 0 Å². The number of aromatic nitrogens is 4. The van der Waals surface area contributed by atoms with E-state index in [9.17, 15) is 0 Å². The Hall–Kier alpha value is -1.38. The second-order valence-electron chi connectivity index (χ2n) is 33.0. The van der Waals surface area contributed by atoms with Gasteiger partial charge in [-0.3, -0.25) is 0 Å². The third kappa shape index (κ3) is 28.2. The molecule has 3 aromatic carbocycles. The normalized spacial score (nSPS) is 13.6. The predicted molar refractivity (Wildman–Crippen MR) is 463 cm³/mol. The monoisotopic (exact) mass is 1670 g/mol. The fraction of sp³-hybridized carbons (Fsp3) is 0.804. The quantitative estimate of drug-likeness (QED) is 0.0288. The first-order valence-electron chi connectivity index (χ1n) is 44.8. The van der Waals surface area contributed by atoms with Crippen LogP contribution in [0.4, 0.5) is 8.78 Å². The van der Waals surface area contributed by atoms with Crippen LogP contribution < -0.4 is 0 Å². The van der Waals surface area contributed by atoms with E-state index in [1.807, 2.05) is 0 Å². The Labute approximate surface area is 661 Å². The van der Waals surface area contributed by atoms with Crippen LogP contribution in [0.5, 0.6) is 0 Å². The maximum atomic E-state index is 20.1. The largest absolute Gasteiger partial charge is 0.206 e. The number of hydrogen-bond donors (Lipinski definition) is 0. The lowest BCUT2D eigenvalue weighted by atomic mass is 9.68. The van der Waals surface area contributed by atoms with Crippen molar-refractivity contribution in [1.82, 2.24) is 17.5 Å². The van der Waals surface area contributed by atoms with E-state index < -0.39 is 10.8 Å². The van der Waals surface area contributed by atoms with Crippen LogP contribution >= 0.6 is 68.6 Å². The minimum absolute atomic E-state index is 0.172. The van der Waals surface area contributed by atoms with E-state index in [0.717, 1.165) is 129 Å². The van der Waals surface area contributed by atoms with Gasteiger partial charge in [-0.2, -0.15) is 17.5 Å². The molecule has 0 aliphatic heterocycles. The van der Waals surface area contributed by atoms with E-state index in [2.05, 4.69) is 85.0 Å². The van der Waals surface area contributed by atoms with Gasteiger partial charge in [-0.05, 0) is 94.1 Å². The minimum atomic E-state index is -0.690. The van der Waals surface area contributed by atoms with Crippen LogP contribution in [0, 0.1) is 18.8 Å². The summed E-state index contributed by atoms with van der Waals surface area (Å²) in [5.74, 6) is -0.343. The molecule has 2 aromatic heterocycles. The van der Waals surface area contributed by atoms with E-state index in [1.165, 1.54) is 383 Å². The second kappa shape index (κ2) is 53.5. The van der Waals surface area contributed by atoms with E-state index in [-0.39, 0.29) is 11.6 Å². The van der Waals surface area contributed by atoms with Crippen molar-refractivity contribution < 1.29 is 8.78 Å². The standard InChI is InChI=1S/C92H150F2I2N4S2/c1-5-9-13-17-21-25-29-33-37-41-45-49-53-57-61-65-69-91(70-66-62-58-54-50-46-42-38-34-30-26-22-18-14-10-6-2)75-73-77(95)87-89(99-101-97-87)79(75)81-83(91)85(93)82-80-76(74-78(96)88-90(80)100-102-98-88)92(84(82)86(81)94,71-67-63-59-55-51-47-43-39-35-31-27-23-19-15-11-7-3)72-68-64-60-56-52-48-44-40-36-32-28-24-20-16-12-8-4/h73-74H,5-72H2,1-4H3. The molecule has 0 fully saturated rings. The first-order valence-corrected chi connectivity index (χ1v) is 48.4. The molecule has 0 radical (unpaired) electrons. The third-order valence-corrected chi connectivity index (χ3v) is 27.4. The summed E-state index contributed by atoms with van der Waals surface area (Å²) in [7, 11) is 0. The van der Waals surface area contributed by atoms with Crippen LogP contribution in [-0.2, 0) is 10.8 Å². The van der Waals surface area contributed by atoms with E-state index in [0.29, 0.717) is 22.3 Å². The van der Waals surface area contributed by atoms with Crippen LogP contribution in [0.1, 0.15) is 487 Å². The summed E-state index contributed by atoms with van der Waals surface area (Å²) in [6, 6.07) is 4.67. The fourth-order valence-electron chi connectivity index (χ4n) is 18.6. The van der Waals surface area contributed by atoms with Gasteiger partial charge in [0.15, 0.2) is 0 Å². The van der Waals surface area contributed by atoms with Crippen LogP contribution in [0.15, 0.2) is 12.1 Å². The average Bonchev–Trinajstić information content (AvgIpc) is 1.50. The Morgan fingerprint density at radius 1 is 0.245 bits per heavy atom. The number of fused-ring (bicyclic) bond motifs is 10. The molecule has 2 aliphatic rings. The Balaban J connectivity index is 1.13. The SMILES string of the molecule is CCCCCCCCCCCCCCCCCCC1(CCCCCCCCCCCCCCCCCC)c2cc(I)c3nsnc3c2-c2c(F)c3c(c(F)c21)-c1c(cc(I)c2nsnc12)C3(CCCCCCCCCCCCCCCCCC)CCCCCCCCCCCCCCCCCC. The summed E-state index contributed by atoms with van der Waals surface area (Å²) in [6.45, 7) is 9.23. The van der Waals surface area contributed by atoms with Gasteiger partial charge in [-0.25, -0.2) is 8.78 Å². The second-order valence-corrected chi connectivity index (χ2v) is 36.4. The fourth-order valence-corrected chi connectivity index (χ4v) is 21.4. The van der Waals surface area contributed by atoms with Crippen molar-refractivity contribution in [3.63, 3.8) is 0 Å². The summed E-state index contributed by atoms with van der Waals surface area (Å²) in [5.41, 5.74) is 8.12. The molecule has 0 saturated heterocycles. The molecule has 5 aromatic rings. The summed E-state index contributed by atoms with van der Waals surface area (Å²) in [4.78, 5) is 0. The van der Waals surface area contributed by atoms with Crippen molar-refractivity contribution in [3.8, 4) is 22.3 Å². The Kier molecular flexibility index (Phi) is 46.0. The Morgan fingerprint density at radius 3 is 0.598 bits per heavy atom. The molecule has 0 unspecified atom stereocenters. The summed E-state index contributed by atoms with van der Waals surface area (Å²) in [6.07, 6.45) is 87.4. The van der Waals surface area contributed by atoms with Gasteiger partial charge < -0.3 is 0 Å². The minimum Gasteiger partial charge on any atom is -0.206 e. The molecular weight excluding hydrogens is 1520 g/mol. The highest BCUT2D eigenvalue weighted by Crippen LogP contribution is 2.65. The molecule has 0 saturated carbocycles.